The maximum absolute atomic E-state index is 12.5. The topological polar surface area (TPSA) is 99.1 Å². The van der Waals surface area contributed by atoms with E-state index in [0.717, 1.165) is 38.5 Å². The zero-order valence-electron chi connectivity index (χ0n) is 29.0. The van der Waals surface area contributed by atoms with E-state index in [9.17, 15) is 19.5 Å². The van der Waals surface area contributed by atoms with Crippen LogP contribution in [0.5, 0.6) is 0 Å². The molecule has 0 aromatic rings. The van der Waals surface area contributed by atoms with Crippen LogP contribution < -0.4 is 0 Å². The molecule has 0 saturated carbocycles. The summed E-state index contributed by atoms with van der Waals surface area (Å²) in [5.41, 5.74) is 0. The average molecular weight is 643 g/mol. The molecule has 0 aliphatic carbocycles. The number of rotatable bonds is 27. The van der Waals surface area contributed by atoms with Crippen molar-refractivity contribution < 1.29 is 38.2 Å². The van der Waals surface area contributed by atoms with E-state index in [4.69, 9.17) is 14.2 Å². The molecule has 0 aromatic carbocycles. The van der Waals surface area contributed by atoms with Crippen LogP contribution in [0.25, 0.3) is 0 Å². The molecule has 0 aliphatic rings. The molecule has 2 atom stereocenters. The standard InChI is InChI=1S/C38H59NO7/c1-6-8-10-12-14-15-16-17-18-19-20-21-23-24-26-28-36(40)45-33-34(32-44-31-30-35(38(42)43)39(3,4)5)46-37(41)29-27-25-22-13-11-9-7-2/h8-12,14-20,22,25,34-35H,6-7,13,21,23-24,26-33H2,1-5H3/p+1/b10-8+,11-9+,14-12+,16-15+,18-17+,20-19+,25-22+. The van der Waals surface area contributed by atoms with Gasteiger partial charge < -0.3 is 23.8 Å². The first kappa shape index (κ1) is 42.5. The van der Waals surface area contributed by atoms with Gasteiger partial charge in [0, 0.05) is 19.3 Å². The Bertz CT molecular complexity index is 1030. The molecule has 2 unspecified atom stereocenters. The van der Waals surface area contributed by atoms with Crippen molar-refractivity contribution in [1.29, 1.82) is 0 Å². The Hall–Kier alpha value is -3.49. The fourth-order valence-electron chi connectivity index (χ4n) is 4.11. The van der Waals surface area contributed by atoms with Gasteiger partial charge in [-0.1, -0.05) is 105 Å². The molecule has 0 radical (unpaired) electrons. The molecular formula is C38H60NO7+. The summed E-state index contributed by atoms with van der Waals surface area (Å²) in [7, 11) is 5.45. The van der Waals surface area contributed by atoms with Crippen LogP contribution in [0, 0.1) is 0 Å². The fraction of sp³-hybridized carbons (Fsp3) is 0.553. The summed E-state index contributed by atoms with van der Waals surface area (Å²) in [6, 6.07) is -0.632. The third-order valence-corrected chi connectivity index (χ3v) is 6.68. The summed E-state index contributed by atoms with van der Waals surface area (Å²) in [6.07, 6.45) is 35.3. The van der Waals surface area contributed by atoms with Crippen molar-refractivity contribution in [3.63, 3.8) is 0 Å². The number of likely N-dealkylation sites (N-methyl/N-ethyl adjacent to an activating group) is 1. The van der Waals surface area contributed by atoms with Crippen molar-refractivity contribution >= 4 is 17.9 Å². The lowest BCUT2D eigenvalue weighted by Crippen LogP contribution is -2.50. The second-order valence-electron chi connectivity index (χ2n) is 11.8. The number of carboxylic acid groups (broad SMARTS) is 1. The Morgan fingerprint density at radius 1 is 0.674 bits per heavy atom. The Morgan fingerprint density at radius 2 is 1.30 bits per heavy atom. The van der Waals surface area contributed by atoms with Gasteiger partial charge >= 0.3 is 17.9 Å². The fourth-order valence-corrected chi connectivity index (χ4v) is 4.11. The van der Waals surface area contributed by atoms with Crippen molar-refractivity contribution in [2.45, 2.75) is 96.6 Å². The molecule has 0 bridgehead atoms. The van der Waals surface area contributed by atoms with Gasteiger partial charge in [0.2, 0.25) is 0 Å². The Morgan fingerprint density at radius 3 is 1.93 bits per heavy atom. The van der Waals surface area contributed by atoms with Gasteiger partial charge in [0.1, 0.15) is 6.61 Å². The summed E-state index contributed by atoms with van der Waals surface area (Å²) in [5, 5.41) is 9.53. The highest BCUT2D eigenvalue weighted by molar-refractivity contribution is 5.72. The summed E-state index contributed by atoms with van der Waals surface area (Å²) in [4.78, 5) is 36.5. The second kappa shape index (κ2) is 28.9. The summed E-state index contributed by atoms with van der Waals surface area (Å²) in [5.74, 6) is -1.64. The number of hydrogen-bond donors (Lipinski definition) is 1. The van der Waals surface area contributed by atoms with E-state index in [2.05, 4.69) is 38.2 Å². The lowest BCUT2D eigenvalue weighted by molar-refractivity contribution is -0.887. The summed E-state index contributed by atoms with van der Waals surface area (Å²) >= 11 is 0. The van der Waals surface area contributed by atoms with Crippen molar-refractivity contribution in [2.24, 2.45) is 0 Å². The number of esters is 2. The molecule has 8 heteroatoms. The van der Waals surface area contributed by atoms with Crippen LogP contribution in [-0.4, -0.2) is 80.6 Å². The Kier molecular flexibility index (Phi) is 26.8. The van der Waals surface area contributed by atoms with Gasteiger partial charge in [0.05, 0.1) is 34.4 Å². The lowest BCUT2D eigenvalue weighted by atomic mass is 10.1. The highest BCUT2D eigenvalue weighted by atomic mass is 16.6. The van der Waals surface area contributed by atoms with Crippen molar-refractivity contribution in [3.05, 3.63) is 85.1 Å². The van der Waals surface area contributed by atoms with Crippen LogP contribution >= 0.6 is 0 Å². The molecule has 46 heavy (non-hydrogen) atoms. The summed E-state index contributed by atoms with van der Waals surface area (Å²) in [6.45, 7) is 4.28. The number of quaternary nitrogens is 1. The highest BCUT2D eigenvalue weighted by Crippen LogP contribution is 2.10. The molecule has 0 aromatic heterocycles. The predicted molar refractivity (Wildman–Crippen MR) is 187 cm³/mol. The van der Waals surface area contributed by atoms with E-state index in [-0.39, 0.29) is 43.1 Å². The molecule has 0 amide bonds. The first-order chi connectivity index (χ1) is 22.1. The molecule has 258 valence electrons. The minimum Gasteiger partial charge on any atom is -0.477 e. The second-order valence-corrected chi connectivity index (χ2v) is 11.8. The number of carbonyl (C=O) groups excluding carboxylic acids is 2. The van der Waals surface area contributed by atoms with Crippen LogP contribution in [0.1, 0.15) is 84.5 Å². The smallest absolute Gasteiger partial charge is 0.362 e. The third-order valence-electron chi connectivity index (χ3n) is 6.68. The van der Waals surface area contributed by atoms with E-state index in [1.54, 1.807) is 0 Å². The lowest BCUT2D eigenvalue weighted by Gasteiger charge is -2.31. The zero-order valence-corrected chi connectivity index (χ0v) is 29.0. The van der Waals surface area contributed by atoms with Gasteiger partial charge in [-0.2, -0.15) is 0 Å². The number of carboxylic acids is 1. The Labute approximate surface area is 278 Å². The van der Waals surface area contributed by atoms with Gasteiger partial charge in [-0.05, 0) is 44.9 Å². The van der Waals surface area contributed by atoms with E-state index in [1.807, 2.05) is 81.9 Å². The summed E-state index contributed by atoms with van der Waals surface area (Å²) < 4.78 is 16.9. The minimum absolute atomic E-state index is 0.0176. The first-order valence-electron chi connectivity index (χ1n) is 16.7. The average Bonchev–Trinajstić information content (AvgIpc) is 3.00. The zero-order chi connectivity index (χ0) is 34.3. The van der Waals surface area contributed by atoms with Gasteiger partial charge in [-0.3, -0.25) is 9.59 Å². The van der Waals surface area contributed by atoms with Crippen molar-refractivity contribution in [1.82, 2.24) is 0 Å². The molecule has 0 aliphatic heterocycles. The minimum atomic E-state index is -0.897. The van der Waals surface area contributed by atoms with E-state index in [0.29, 0.717) is 19.3 Å². The van der Waals surface area contributed by atoms with E-state index >= 15 is 0 Å². The number of ether oxygens (including phenoxy) is 3. The highest BCUT2D eigenvalue weighted by Gasteiger charge is 2.31. The van der Waals surface area contributed by atoms with Gasteiger partial charge in [0.15, 0.2) is 12.1 Å². The van der Waals surface area contributed by atoms with Crippen LogP contribution in [0.3, 0.4) is 0 Å². The number of carbonyl (C=O) groups is 3. The van der Waals surface area contributed by atoms with Crippen LogP contribution in [0.15, 0.2) is 85.1 Å². The predicted octanol–water partition coefficient (Wildman–Crippen LogP) is 7.84. The molecule has 0 saturated heterocycles. The maximum atomic E-state index is 12.5. The molecule has 8 nitrogen and oxygen atoms in total. The number of nitrogens with zero attached hydrogens (tertiary/aromatic N) is 1. The monoisotopic (exact) mass is 642 g/mol. The van der Waals surface area contributed by atoms with Gasteiger partial charge in [0.25, 0.3) is 0 Å². The molecule has 0 spiro atoms. The van der Waals surface area contributed by atoms with Crippen LogP contribution in [-0.2, 0) is 28.6 Å². The molecule has 0 fully saturated rings. The molecule has 0 heterocycles. The molecule has 1 N–H and O–H groups in total. The maximum Gasteiger partial charge on any atom is 0.362 e. The van der Waals surface area contributed by atoms with Gasteiger partial charge in [-0.25, -0.2) is 4.79 Å². The van der Waals surface area contributed by atoms with Crippen LogP contribution in [0.2, 0.25) is 0 Å². The normalized spacial score (nSPS) is 14.2. The van der Waals surface area contributed by atoms with Gasteiger partial charge in [-0.15, -0.1) is 0 Å². The number of unbranched alkanes of at least 4 members (excludes halogenated alkanes) is 3. The number of hydrogen-bond acceptors (Lipinski definition) is 6. The molecule has 0 rings (SSSR count). The SMILES string of the molecule is CC/C=C/C=C/C=C/C=C/C=C/CCCCCC(=O)OCC(COCCC(C(=O)O)[N+](C)(C)C)OC(=O)CC/C=C/C/C=C/CC. The van der Waals surface area contributed by atoms with Crippen molar-refractivity contribution in [2.75, 3.05) is 41.0 Å². The van der Waals surface area contributed by atoms with E-state index in [1.165, 1.54) is 0 Å². The van der Waals surface area contributed by atoms with Crippen molar-refractivity contribution in [3.8, 4) is 0 Å². The van der Waals surface area contributed by atoms with E-state index < -0.39 is 24.1 Å². The Balaban J connectivity index is 4.58. The molecular weight excluding hydrogens is 582 g/mol. The largest absolute Gasteiger partial charge is 0.477 e. The van der Waals surface area contributed by atoms with Crippen LogP contribution in [0.4, 0.5) is 0 Å². The first-order valence-corrected chi connectivity index (χ1v) is 16.7. The third kappa shape index (κ3) is 26.9. The number of aliphatic carboxylic acids is 1. The number of allylic oxidation sites excluding steroid dienone is 14. The quantitative estimate of drug-likeness (QED) is 0.0320.